The lowest BCUT2D eigenvalue weighted by Crippen LogP contribution is -2.63. The number of halogens is 1. The number of hydrogen-bond donors (Lipinski definition) is 2. The van der Waals surface area contributed by atoms with Crippen LogP contribution in [0, 0.1) is 11.3 Å². The Balaban J connectivity index is 1.39. The highest BCUT2D eigenvalue weighted by molar-refractivity contribution is 6.30. The van der Waals surface area contributed by atoms with Crippen molar-refractivity contribution < 1.29 is 9.90 Å². The molecule has 0 aliphatic carbocycles. The van der Waals surface area contributed by atoms with Gasteiger partial charge in [-0.2, -0.15) is 0 Å². The van der Waals surface area contributed by atoms with Crippen molar-refractivity contribution in [2.75, 3.05) is 26.2 Å². The van der Waals surface area contributed by atoms with E-state index in [9.17, 15) is 9.90 Å². The van der Waals surface area contributed by atoms with Gasteiger partial charge in [0, 0.05) is 31.2 Å². The van der Waals surface area contributed by atoms with Crippen LogP contribution in [0.4, 0.5) is 0 Å². The summed E-state index contributed by atoms with van der Waals surface area (Å²) in [6, 6.07) is 15.2. The molecule has 2 heterocycles. The summed E-state index contributed by atoms with van der Waals surface area (Å²) in [5.74, 6) is 1.06. The van der Waals surface area contributed by atoms with E-state index in [-0.39, 0.29) is 11.3 Å². The standard InChI is InChI=1S/C22H25ClN2O2/c23-19-5-1-17(2-6-19)12-22(14-24-15-22)21(27)25-10-9-18(13-25)11-16-3-7-20(26)8-4-16/h1-8,18,24,26H,9-15H2. The Morgan fingerprint density at radius 1 is 1.11 bits per heavy atom. The van der Waals surface area contributed by atoms with Crippen LogP contribution in [0.25, 0.3) is 0 Å². The third-order valence-electron chi connectivity index (χ3n) is 5.87. The van der Waals surface area contributed by atoms with Crippen molar-refractivity contribution in [3.05, 3.63) is 64.7 Å². The average molecular weight is 385 g/mol. The third-order valence-corrected chi connectivity index (χ3v) is 6.12. The predicted molar refractivity (Wildman–Crippen MR) is 107 cm³/mol. The Hall–Kier alpha value is -2.04. The predicted octanol–water partition coefficient (Wildman–Crippen LogP) is 3.27. The van der Waals surface area contributed by atoms with Gasteiger partial charge in [-0.15, -0.1) is 0 Å². The first-order chi connectivity index (χ1) is 13.0. The normalized spacial score (nSPS) is 21.1. The van der Waals surface area contributed by atoms with Gasteiger partial charge in [-0.3, -0.25) is 4.79 Å². The smallest absolute Gasteiger partial charge is 0.231 e. The Kier molecular flexibility index (Phi) is 5.11. The number of phenols is 1. The highest BCUT2D eigenvalue weighted by atomic mass is 35.5. The van der Waals surface area contributed by atoms with E-state index < -0.39 is 0 Å². The lowest BCUT2D eigenvalue weighted by molar-refractivity contribution is -0.144. The summed E-state index contributed by atoms with van der Waals surface area (Å²) in [5.41, 5.74) is 2.06. The van der Waals surface area contributed by atoms with E-state index in [0.29, 0.717) is 11.7 Å². The second-order valence-electron chi connectivity index (χ2n) is 7.96. The van der Waals surface area contributed by atoms with Crippen molar-refractivity contribution in [3.63, 3.8) is 0 Å². The van der Waals surface area contributed by atoms with Gasteiger partial charge in [-0.1, -0.05) is 35.9 Å². The molecule has 1 unspecified atom stereocenters. The van der Waals surface area contributed by atoms with Crippen LogP contribution in [-0.4, -0.2) is 42.1 Å². The molecule has 0 radical (unpaired) electrons. The molecule has 2 aliphatic heterocycles. The zero-order valence-electron chi connectivity index (χ0n) is 15.3. The highest BCUT2D eigenvalue weighted by Crippen LogP contribution is 2.33. The molecule has 4 nitrogen and oxygen atoms in total. The van der Waals surface area contributed by atoms with Crippen LogP contribution in [0.3, 0.4) is 0 Å². The van der Waals surface area contributed by atoms with Gasteiger partial charge in [0.05, 0.1) is 5.41 Å². The molecular formula is C22H25ClN2O2. The van der Waals surface area contributed by atoms with Gasteiger partial charge in [0.1, 0.15) is 5.75 Å². The van der Waals surface area contributed by atoms with Crippen LogP contribution in [0.15, 0.2) is 48.5 Å². The van der Waals surface area contributed by atoms with Crippen molar-refractivity contribution in [1.82, 2.24) is 10.2 Å². The molecule has 27 heavy (non-hydrogen) atoms. The molecule has 2 saturated heterocycles. The second-order valence-corrected chi connectivity index (χ2v) is 8.40. The van der Waals surface area contributed by atoms with Gasteiger partial charge >= 0.3 is 0 Å². The van der Waals surface area contributed by atoms with Crippen molar-refractivity contribution in [2.24, 2.45) is 11.3 Å². The Morgan fingerprint density at radius 2 is 1.78 bits per heavy atom. The third kappa shape index (κ3) is 3.97. The van der Waals surface area contributed by atoms with E-state index in [4.69, 9.17) is 11.6 Å². The molecule has 0 bridgehead atoms. The number of benzene rings is 2. The maximum absolute atomic E-state index is 13.3. The summed E-state index contributed by atoms with van der Waals surface area (Å²) in [7, 11) is 0. The topological polar surface area (TPSA) is 52.6 Å². The maximum Gasteiger partial charge on any atom is 0.231 e. The zero-order valence-corrected chi connectivity index (χ0v) is 16.1. The van der Waals surface area contributed by atoms with Gasteiger partial charge in [0.15, 0.2) is 0 Å². The molecule has 2 fully saturated rings. The molecule has 1 amide bonds. The number of carbonyl (C=O) groups excluding carboxylic acids is 1. The van der Waals surface area contributed by atoms with Gasteiger partial charge in [-0.05, 0) is 60.6 Å². The minimum Gasteiger partial charge on any atom is -0.508 e. The van der Waals surface area contributed by atoms with Crippen LogP contribution in [0.1, 0.15) is 17.5 Å². The SMILES string of the molecule is O=C(N1CCC(Cc2ccc(O)cc2)C1)C1(Cc2ccc(Cl)cc2)CNC1. The molecule has 0 saturated carbocycles. The fourth-order valence-corrected chi connectivity index (χ4v) is 4.38. The Bertz CT molecular complexity index is 800. The minimum absolute atomic E-state index is 0.282. The number of nitrogens with one attached hydrogen (secondary N) is 1. The van der Waals surface area contributed by atoms with Crippen LogP contribution in [0.2, 0.25) is 5.02 Å². The summed E-state index contributed by atoms with van der Waals surface area (Å²) in [6.07, 6.45) is 2.75. The molecule has 5 heteroatoms. The summed E-state index contributed by atoms with van der Waals surface area (Å²) in [5, 5.41) is 13.4. The van der Waals surface area contributed by atoms with Gasteiger partial charge in [0.2, 0.25) is 5.91 Å². The Labute approximate surface area is 165 Å². The van der Waals surface area contributed by atoms with E-state index in [1.807, 2.05) is 36.4 Å². The van der Waals surface area contributed by atoms with E-state index in [1.54, 1.807) is 12.1 Å². The molecule has 2 aromatic carbocycles. The van der Waals surface area contributed by atoms with Crippen LogP contribution >= 0.6 is 11.6 Å². The largest absolute Gasteiger partial charge is 0.508 e. The van der Waals surface area contributed by atoms with E-state index in [0.717, 1.165) is 56.0 Å². The van der Waals surface area contributed by atoms with Gasteiger partial charge in [0.25, 0.3) is 0 Å². The Morgan fingerprint density at radius 3 is 2.41 bits per heavy atom. The van der Waals surface area contributed by atoms with Crippen LogP contribution < -0.4 is 5.32 Å². The first-order valence-corrected chi connectivity index (χ1v) is 9.94. The first-order valence-electron chi connectivity index (χ1n) is 9.57. The highest BCUT2D eigenvalue weighted by Gasteiger charge is 2.47. The number of carbonyl (C=O) groups is 1. The van der Waals surface area contributed by atoms with E-state index in [1.165, 1.54) is 5.56 Å². The molecule has 142 valence electrons. The summed E-state index contributed by atoms with van der Waals surface area (Å²) in [6.45, 7) is 3.15. The average Bonchev–Trinajstić information content (AvgIpc) is 3.10. The van der Waals surface area contributed by atoms with Crippen molar-refractivity contribution in [1.29, 1.82) is 0 Å². The lowest BCUT2D eigenvalue weighted by Gasteiger charge is -2.43. The molecular weight excluding hydrogens is 360 g/mol. The van der Waals surface area contributed by atoms with Crippen molar-refractivity contribution >= 4 is 17.5 Å². The first kappa shape index (κ1) is 18.3. The summed E-state index contributed by atoms with van der Waals surface area (Å²) < 4.78 is 0. The molecule has 2 N–H and O–H groups in total. The van der Waals surface area contributed by atoms with Gasteiger partial charge in [-0.25, -0.2) is 0 Å². The number of likely N-dealkylation sites (tertiary alicyclic amines) is 1. The van der Waals surface area contributed by atoms with E-state index >= 15 is 0 Å². The summed E-state index contributed by atoms with van der Waals surface area (Å²) in [4.78, 5) is 15.3. The molecule has 2 aliphatic rings. The number of amides is 1. The zero-order chi connectivity index (χ0) is 18.9. The molecule has 0 aromatic heterocycles. The fraction of sp³-hybridized carbons (Fsp3) is 0.409. The lowest BCUT2D eigenvalue weighted by atomic mass is 9.75. The fourth-order valence-electron chi connectivity index (χ4n) is 4.26. The number of hydrogen-bond acceptors (Lipinski definition) is 3. The monoisotopic (exact) mass is 384 g/mol. The molecule has 2 aromatic rings. The molecule has 1 atom stereocenters. The summed E-state index contributed by atoms with van der Waals surface area (Å²) >= 11 is 5.99. The maximum atomic E-state index is 13.3. The molecule has 4 rings (SSSR count). The van der Waals surface area contributed by atoms with Crippen molar-refractivity contribution in [3.8, 4) is 5.75 Å². The number of phenolic OH excluding ortho intramolecular Hbond substituents is 1. The van der Waals surface area contributed by atoms with Crippen LogP contribution in [-0.2, 0) is 17.6 Å². The number of nitrogens with zero attached hydrogens (tertiary/aromatic N) is 1. The minimum atomic E-state index is -0.318. The van der Waals surface area contributed by atoms with E-state index in [2.05, 4.69) is 10.2 Å². The van der Waals surface area contributed by atoms with Crippen LogP contribution in [0.5, 0.6) is 5.75 Å². The number of rotatable bonds is 5. The second kappa shape index (κ2) is 7.53. The van der Waals surface area contributed by atoms with Crippen molar-refractivity contribution in [2.45, 2.75) is 19.3 Å². The van der Waals surface area contributed by atoms with Gasteiger partial charge < -0.3 is 15.3 Å². The number of aromatic hydroxyl groups is 1. The molecule has 0 spiro atoms. The quantitative estimate of drug-likeness (QED) is 0.831.